The van der Waals surface area contributed by atoms with Gasteiger partial charge < -0.3 is 14.9 Å². The Morgan fingerprint density at radius 1 is 1.16 bits per heavy atom. The molecule has 1 saturated heterocycles. The van der Waals surface area contributed by atoms with Crippen molar-refractivity contribution in [2.75, 3.05) is 13.6 Å². The molecule has 5 nitrogen and oxygen atoms in total. The fraction of sp³-hybridized carbons (Fsp3) is 0.857. The third-order valence-corrected chi connectivity index (χ3v) is 4.62. The molecule has 1 aliphatic carbocycles. The molecule has 1 saturated carbocycles. The largest absolute Gasteiger partial charge is 0.480 e. The summed E-state index contributed by atoms with van der Waals surface area (Å²) in [7, 11) is 1.82. The van der Waals surface area contributed by atoms with E-state index in [0.29, 0.717) is 13.0 Å². The molecule has 1 heterocycles. The van der Waals surface area contributed by atoms with Crippen molar-refractivity contribution in [2.45, 2.75) is 57.5 Å². The lowest BCUT2D eigenvalue weighted by molar-refractivity contribution is -0.141. The lowest BCUT2D eigenvalue weighted by Crippen LogP contribution is -2.50. The van der Waals surface area contributed by atoms with Crippen LogP contribution in [0, 0.1) is 5.92 Å². The van der Waals surface area contributed by atoms with Gasteiger partial charge in [0, 0.05) is 19.6 Å². The molecule has 0 unspecified atom stereocenters. The molecule has 5 heteroatoms. The highest BCUT2D eigenvalue weighted by Gasteiger charge is 2.37. The van der Waals surface area contributed by atoms with E-state index in [9.17, 15) is 9.59 Å². The van der Waals surface area contributed by atoms with E-state index in [1.54, 1.807) is 4.90 Å². The average molecular weight is 268 g/mol. The van der Waals surface area contributed by atoms with E-state index >= 15 is 0 Å². The molecule has 1 N–H and O–H groups in total. The number of urea groups is 1. The van der Waals surface area contributed by atoms with Gasteiger partial charge in [-0.2, -0.15) is 0 Å². The predicted octanol–water partition coefficient (Wildman–Crippen LogP) is 2.17. The maximum Gasteiger partial charge on any atom is 0.326 e. The lowest BCUT2D eigenvalue weighted by Gasteiger charge is -2.36. The Bertz CT molecular complexity index is 351. The molecule has 2 amide bonds. The van der Waals surface area contributed by atoms with Gasteiger partial charge in [0.25, 0.3) is 0 Å². The van der Waals surface area contributed by atoms with Crippen LogP contribution in [0.3, 0.4) is 0 Å². The van der Waals surface area contributed by atoms with Crippen molar-refractivity contribution >= 4 is 12.0 Å². The van der Waals surface area contributed by atoms with Crippen molar-refractivity contribution in [1.29, 1.82) is 0 Å². The van der Waals surface area contributed by atoms with Crippen molar-refractivity contribution in [2.24, 2.45) is 5.92 Å². The van der Waals surface area contributed by atoms with Crippen molar-refractivity contribution < 1.29 is 14.7 Å². The molecule has 0 aromatic rings. The van der Waals surface area contributed by atoms with Crippen LogP contribution in [0.15, 0.2) is 0 Å². The smallest absolute Gasteiger partial charge is 0.326 e. The summed E-state index contributed by atoms with van der Waals surface area (Å²) in [4.78, 5) is 26.9. The van der Waals surface area contributed by atoms with Gasteiger partial charge in [0.2, 0.25) is 0 Å². The summed E-state index contributed by atoms with van der Waals surface area (Å²) < 4.78 is 0. The second-order valence-corrected chi connectivity index (χ2v) is 6.00. The summed E-state index contributed by atoms with van der Waals surface area (Å²) in [5.41, 5.74) is 0. The first-order chi connectivity index (χ1) is 9.00. The van der Waals surface area contributed by atoms with Crippen molar-refractivity contribution in [3.05, 3.63) is 0 Å². The Morgan fingerprint density at radius 3 is 2.37 bits per heavy atom. The number of amides is 2. The number of carboxylic acid groups (broad SMARTS) is 1. The van der Waals surface area contributed by atoms with Crippen LogP contribution in [-0.2, 0) is 4.79 Å². The van der Waals surface area contributed by atoms with Crippen LogP contribution in [-0.4, -0.2) is 52.6 Å². The van der Waals surface area contributed by atoms with Crippen LogP contribution in [0.5, 0.6) is 0 Å². The lowest BCUT2D eigenvalue weighted by atomic mass is 9.87. The van der Waals surface area contributed by atoms with Gasteiger partial charge in [-0.1, -0.05) is 6.92 Å². The van der Waals surface area contributed by atoms with Crippen molar-refractivity contribution in [3.63, 3.8) is 0 Å². The van der Waals surface area contributed by atoms with E-state index in [0.717, 1.165) is 38.0 Å². The molecule has 0 spiro atoms. The first kappa shape index (κ1) is 14.2. The summed E-state index contributed by atoms with van der Waals surface area (Å²) in [5, 5.41) is 9.15. The second kappa shape index (κ2) is 5.80. The Labute approximate surface area is 114 Å². The number of carbonyl (C=O) groups excluding carboxylic acids is 1. The van der Waals surface area contributed by atoms with Gasteiger partial charge in [-0.05, 0) is 44.4 Å². The highest BCUT2D eigenvalue weighted by atomic mass is 16.4. The molecule has 108 valence electrons. The third-order valence-electron chi connectivity index (χ3n) is 4.62. The Kier molecular flexibility index (Phi) is 4.32. The van der Waals surface area contributed by atoms with Crippen LogP contribution >= 0.6 is 0 Å². The second-order valence-electron chi connectivity index (χ2n) is 6.00. The summed E-state index contributed by atoms with van der Waals surface area (Å²) in [6.07, 6.45) is 5.76. The van der Waals surface area contributed by atoms with Crippen LogP contribution in [0.2, 0.25) is 0 Å². The van der Waals surface area contributed by atoms with Gasteiger partial charge in [-0.3, -0.25) is 0 Å². The van der Waals surface area contributed by atoms with Gasteiger partial charge >= 0.3 is 12.0 Å². The van der Waals surface area contributed by atoms with Crippen LogP contribution in [0.1, 0.15) is 45.4 Å². The fourth-order valence-electron chi connectivity index (χ4n) is 3.24. The van der Waals surface area contributed by atoms with Crippen molar-refractivity contribution in [3.8, 4) is 0 Å². The highest BCUT2D eigenvalue weighted by Crippen LogP contribution is 2.28. The number of carbonyl (C=O) groups is 2. The normalized spacial score (nSPS) is 31.3. The van der Waals surface area contributed by atoms with Crippen LogP contribution < -0.4 is 0 Å². The SMILES string of the molecule is CC1CCC(N(C)C(=O)N2CCC[C@@H]2C(=O)O)CC1. The summed E-state index contributed by atoms with van der Waals surface area (Å²) >= 11 is 0. The van der Waals surface area contributed by atoms with Gasteiger partial charge in [-0.15, -0.1) is 0 Å². The van der Waals surface area contributed by atoms with Crippen LogP contribution in [0.4, 0.5) is 4.79 Å². The molecule has 1 aliphatic heterocycles. The molecule has 2 aliphatic rings. The summed E-state index contributed by atoms with van der Waals surface area (Å²) in [6, 6.07) is -0.458. The molecule has 0 aromatic heterocycles. The molecule has 2 rings (SSSR count). The number of aliphatic carboxylic acids is 1. The fourth-order valence-corrected chi connectivity index (χ4v) is 3.24. The standard InChI is InChI=1S/C14H24N2O3/c1-10-5-7-11(8-6-10)15(2)14(19)16-9-3-4-12(16)13(17)18/h10-12H,3-9H2,1-2H3,(H,17,18)/t10?,11?,12-/m1/s1. The van der Waals surface area contributed by atoms with Gasteiger partial charge in [-0.25, -0.2) is 9.59 Å². The first-order valence-corrected chi connectivity index (χ1v) is 7.27. The first-order valence-electron chi connectivity index (χ1n) is 7.27. The van der Waals surface area contributed by atoms with E-state index < -0.39 is 12.0 Å². The minimum absolute atomic E-state index is 0.107. The molecular weight excluding hydrogens is 244 g/mol. The zero-order chi connectivity index (χ0) is 14.0. The summed E-state index contributed by atoms with van der Waals surface area (Å²) in [6.45, 7) is 2.82. The number of likely N-dealkylation sites (tertiary alicyclic amines) is 1. The molecule has 19 heavy (non-hydrogen) atoms. The quantitative estimate of drug-likeness (QED) is 0.835. The summed E-state index contributed by atoms with van der Waals surface area (Å²) in [5.74, 6) is -0.130. The zero-order valence-corrected chi connectivity index (χ0v) is 11.8. The number of nitrogens with zero attached hydrogens (tertiary/aromatic N) is 2. The number of hydrogen-bond acceptors (Lipinski definition) is 2. The highest BCUT2D eigenvalue weighted by molar-refractivity contribution is 5.83. The van der Waals surface area contributed by atoms with Gasteiger partial charge in [0.1, 0.15) is 6.04 Å². The number of carboxylic acids is 1. The monoisotopic (exact) mass is 268 g/mol. The van der Waals surface area contributed by atoms with Gasteiger partial charge in [0.15, 0.2) is 0 Å². The van der Waals surface area contributed by atoms with Crippen LogP contribution in [0.25, 0.3) is 0 Å². The minimum atomic E-state index is -0.878. The predicted molar refractivity (Wildman–Crippen MR) is 71.9 cm³/mol. The molecule has 0 aromatic carbocycles. The maximum atomic E-state index is 12.4. The van der Waals surface area contributed by atoms with E-state index in [-0.39, 0.29) is 12.1 Å². The number of rotatable bonds is 2. The molecule has 2 fully saturated rings. The average Bonchev–Trinajstić information content (AvgIpc) is 2.87. The molecule has 1 atom stereocenters. The van der Waals surface area contributed by atoms with Gasteiger partial charge in [0.05, 0.1) is 0 Å². The van der Waals surface area contributed by atoms with E-state index in [1.165, 1.54) is 4.90 Å². The maximum absolute atomic E-state index is 12.4. The number of hydrogen-bond donors (Lipinski definition) is 1. The molecular formula is C14H24N2O3. The topological polar surface area (TPSA) is 60.9 Å². The van der Waals surface area contributed by atoms with E-state index in [1.807, 2.05) is 7.05 Å². The molecule has 0 bridgehead atoms. The Hall–Kier alpha value is -1.26. The Morgan fingerprint density at radius 2 is 1.79 bits per heavy atom. The zero-order valence-electron chi connectivity index (χ0n) is 11.8. The minimum Gasteiger partial charge on any atom is -0.480 e. The van der Waals surface area contributed by atoms with E-state index in [2.05, 4.69) is 6.92 Å². The van der Waals surface area contributed by atoms with Crippen molar-refractivity contribution in [1.82, 2.24) is 9.80 Å². The Balaban J connectivity index is 1.96. The molecule has 0 radical (unpaired) electrons. The van der Waals surface area contributed by atoms with E-state index in [4.69, 9.17) is 5.11 Å². The third kappa shape index (κ3) is 3.01.